The smallest absolute Gasteiger partial charge is 0.235 e. The molecule has 1 aromatic carbocycles. The van der Waals surface area contributed by atoms with E-state index in [-0.39, 0.29) is 24.2 Å². The first-order valence-corrected chi connectivity index (χ1v) is 7.09. The molecule has 112 valence electrons. The van der Waals surface area contributed by atoms with E-state index in [2.05, 4.69) is 11.4 Å². The zero-order valence-electron chi connectivity index (χ0n) is 12.4. The molecule has 1 aliphatic rings. The van der Waals surface area contributed by atoms with Crippen LogP contribution < -0.4 is 5.32 Å². The van der Waals surface area contributed by atoms with Gasteiger partial charge in [0, 0.05) is 12.1 Å². The van der Waals surface area contributed by atoms with Crippen molar-refractivity contribution in [2.24, 2.45) is 5.92 Å². The van der Waals surface area contributed by atoms with Crippen LogP contribution in [-0.2, 0) is 11.3 Å². The van der Waals surface area contributed by atoms with Gasteiger partial charge in [-0.3, -0.25) is 9.69 Å². The minimum atomic E-state index is -0.782. The molecule has 2 rings (SSSR count). The van der Waals surface area contributed by atoms with Gasteiger partial charge in [-0.05, 0) is 38.8 Å². The Morgan fingerprint density at radius 3 is 2.76 bits per heavy atom. The van der Waals surface area contributed by atoms with Gasteiger partial charge in [0.05, 0.1) is 12.6 Å². The van der Waals surface area contributed by atoms with Crippen LogP contribution in [-0.4, -0.2) is 29.9 Å². The highest BCUT2D eigenvalue weighted by molar-refractivity contribution is 5.79. The van der Waals surface area contributed by atoms with Crippen molar-refractivity contribution in [2.45, 2.75) is 31.8 Å². The maximum Gasteiger partial charge on any atom is 0.235 e. The molecule has 1 fully saturated rings. The minimum Gasteiger partial charge on any atom is -0.337 e. The predicted molar refractivity (Wildman–Crippen MR) is 77.6 cm³/mol. The van der Waals surface area contributed by atoms with E-state index in [1.165, 1.54) is 6.07 Å². The van der Waals surface area contributed by atoms with E-state index in [0.29, 0.717) is 12.1 Å². The molecule has 0 radical (unpaired) electrons. The summed E-state index contributed by atoms with van der Waals surface area (Å²) in [7, 11) is 1.76. The van der Waals surface area contributed by atoms with E-state index in [1.807, 2.05) is 0 Å². The first-order chi connectivity index (χ1) is 9.94. The van der Waals surface area contributed by atoms with Gasteiger partial charge in [-0.2, -0.15) is 5.26 Å². The second kappa shape index (κ2) is 6.23. The molecule has 0 aliphatic heterocycles. The molecule has 1 atom stereocenters. The third-order valence-corrected chi connectivity index (χ3v) is 3.84. The molecule has 5 heteroatoms. The predicted octanol–water partition coefficient (Wildman–Crippen LogP) is 2.07. The number of likely N-dealkylation sites (N-methyl/N-ethyl adjacent to an activating group) is 1. The van der Waals surface area contributed by atoms with Crippen molar-refractivity contribution in [3.05, 3.63) is 35.6 Å². The Bertz CT molecular complexity index is 565. The van der Waals surface area contributed by atoms with Gasteiger partial charge in [0.1, 0.15) is 11.4 Å². The van der Waals surface area contributed by atoms with Crippen LogP contribution in [0.3, 0.4) is 0 Å². The van der Waals surface area contributed by atoms with Gasteiger partial charge in [-0.15, -0.1) is 0 Å². The molecule has 1 aromatic rings. The van der Waals surface area contributed by atoms with Crippen LogP contribution in [0.2, 0.25) is 0 Å². The Balaban J connectivity index is 1.88. The second-order valence-electron chi connectivity index (χ2n) is 5.90. The molecule has 0 aromatic heterocycles. The van der Waals surface area contributed by atoms with Gasteiger partial charge >= 0.3 is 0 Å². The molecule has 4 nitrogen and oxygen atoms in total. The van der Waals surface area contributed by atoms with Crippen molar-refractivity contribution in [2.75, 3.05) is 13.6 Å². The van der Waals surface area contributed by atoms with E-state index >= 15 is 0 Å². The number of halogens is 1. The number of nitrogens with zero attached hydrogens (tertiary/aromatic N) is 2. The fourth-order valence-electron chi connectivity index (χ4n) is 2.43. The average Bonchev–Trinajstić information content (AvgIpc) is 3.25. The molecule has 21 heavy (non-hydrogen) atoms. The lowest BCUT2D eigenvalue weighted by Gasteiger charge is -2.25. The average molecular weight is 289 g/mol. The summed E-state index contributed by atoms with van der Waals surface area (Å²) in [4.78, 5) is 13.8. The van der Waals surface area contributed by atoms with Crippen LogP contribution in [0.1, 0.15) is 25.3 Å². The quantitative estimate of drug-likeness (QED) is 0.872. The van der Waals surface area contributed by atoms with Crippen LogP contribution in [0.4, 0.5) is 4.39 Å². The number of carbonyl (C=O) groups excluding carboxylic acids is 1. The SMILES string of the molecule is CN(CC(=O)N[C@@](C)(C#N)C1CC1)Cc1ccccc1F. The number of rotatable bonds is 6. The standard InChI is InChI=1S/C16H20FN3O/c1-16(11-18,13-7-8-13)19-15(21)10-20(2)9-12-5-3-4-6-14(12)17/h3-6,13H,7-10H2,1-2H3,(H,19,21)/t16-/m0/s1. The third-order valence-electron chi connectivity index (χ3n) is 3.84. The van der Waals surface area contributed by atoms with Crippen LogP contribution in [0.25, 0.3) is 0 Å². The van der Waals surface area contributed by atoms with Crippen molar-refractivity contribution in [1.82, 2.24) is 10.2 Å². The first-order valence-electron chi connectivity index (χ1n) is 7.09. The lowest BCUT2D eigenvalue weighted by Crippen LogP contribution is -2.49. The fourth-order valence-corrected chi connectivity index (χ4v) is 2.43. The molecule has 1 aliphatic carbocycles. The van der Waals surface area contributed by atoms with Gasteiger partial charge in [-0.1, -0.05) is 18.2 Å². The van der Waals surface area contributed by atoms with E-state index in [4.69, 9.17) is 0 Å². The lowest BCUT2D eigenvalue weighted by atomic mass is 9.98. The summed E-state index contributed by atoms with van der Waals surface area (Å²) in [5, 5.41) is 12.0. The van der Waals surface area contributed by atoms with Crippen molar-refractivity contribution in [3.63, 3.8) is 0 Å². The number of hydrogen-bond donors (Lipinski definition) is 1. The molecular weight excluding hydrogens is 269 g/mol. The second-order valence-corrected chi connectivity index (χ2v) is 5.90. The fraction of sp³-hybridized carbons (Fsp3) is 0.500. The zero-order valence-corrected chi connectivity index (χ0v) is 12.4. The minimum absolute atomic E-state index is 0.137. The number of hydrogen-bond acceptors (Lipinski definition) is 3. The first kappa shape index (κ1) is 15.5. The number of nitriles is 1. The number of amides is 1. The highest BCUT2D eigenvalue weighted by Crippen LogP contribution is 2.39. The molecule has 0 unspecified atom stereocenters. The summed E-state index contributed by atoms with van der Waals surface area (Å²) in [6.45, 7) is 2.25. The van der Waals surface area contributed by atoms with Gasteiger partial charge in [-0.25, -0.2) is 4.39 Å². The summed E-state index contributed by atoms with van der Waals surface area (Å²) in [6, 6.07) is 8.71. The highest BCUT2D eigenvalue weighted by Gasteiger charge is 2.43. The van der Waals surface area contributed by atoms with Gasteiger partial charge in [0.25, 0.3) is 0 Å². The van der Waals surface area contributed by atoms with E-state index in [0.717, 1.165) is 12.8 Å². The topological polar surface area (TPSA) is 56.1 Å². The van der Waals surface area contributed by atoms with E-state index in [1.54, 1.807) is 37.1 Å². The van der Waals surface area contributed by atoms with Crippen molar-refractivity contribution < 1.29 is 9.18 Å². The molecule has 0 saturated heterocycles. The van der Waals surface area contributed by atoms with E-state index in [9.17, 15) is 14.4 Å². The molecule has 1 saturated carbocycles. The molecule has 1 amide bonds. The molecule has 0 heterocycles. The van der Waals surface area contributed by atoms with Crippen LogP contribution >= 0.6 is 0 Å². The molecule has 0 bridgehead atoms. The third kappa shape index (κ3) is 4.02. The molecular formula is C16H20FN3O. The summed E-state index contributed by atoms with van der Waals surface area (Å²) < 4.78 is 13.6. The summed E-state index contributed by atoms with van der Waals surface area (Å²) in [5.41, 5.74) is -0.228. The summed E-state index contributed by atoms with van der Waals surface area (Å²) >= 11 is 0. The number of nitrogens with one attached hydrogen (secondary N) is 1. The number of carbonyl (C=O) groups is 1. The Labute approximate surface area is 124 Å². The summed E-state index contributed by atoms with van der Waals surface area (Å²) in [6.07, 6.45) is 1.96. The molecule has 0 spiro atoms. The van der Waals surface area contributed by atoms with Gasteiger partial charge in [0.2, 0.25) is 5.91 Å². The normalized spacial score (nSPS) is 17.1. The Morgan fingerprint density at radius 1 is 1.52 bits per heavy atom. The largest absolute Gasteiger partial charge is 0.337 e. The Hall–Kier alpha value is -1.93. The van der Waals surface area contributed by atoms with Crippen LogP contribution in [0.5, 0.6) is 0 Å². The summed E-state index contributed by atoms with van der Waals surface area (Å²) in [5.74, 6) is -0.224. The maximum atomic E-state index is 13.6. The van der Waals surface area contributed by atoms with Crippen molar-refractivity contribution in [3.8, 4) is 6.07 Å². The van der Waals surface area contributed by atoms with Gasteiger partial charge < -0.3 is 5.32 Å². The highest BCUT2D eigenvalue weighted by atomic mass is 19.1. The lowest BCUT2D eigenvalue weighted by molar-refractivity contribution is -0.123. The van der Waals surface area contributed by atoms with Crippen LogP contribution in [0, 0.1) is 23.1 Å². The number of benzene rings is 1. The van der Waals surface area contributed by atoms with Crippen molar-refractivity contribution in [1.29, 1.82) is 5.26 Å². The zero-order chi connectivity index (χ0) is 15.5. The maximum absolute atomic E-state index is 13.6. The monoisotopic (exact) mass is 289 g/mol. The van der Waals surface area contributed by atoms with Crippen LogP contribution in [0.15, 0.2) is 24.3 Å². The Kier molecular flexibility index (Phi) is 4.59. The van der Waals surface area contributed by atoms with E-state index < -0.39 is 5.54 Å². The Morgan fingerprint density at radius 2 is 2.19 bits per heavy atom. The van der Waals surface area contributed by atoms with Crippen molar-refractivity contribution >= 4 is 5.91 Å². The molecule has 1 N–H and O–H groups in total. The van der Waals surface area contributed by atoms with Gasteiger partial charge in [0.15, 0.2) is 0 Å².